The van der Waals surface area contributed by atoms with Gasteiger partial charge in [0.15, 0.2) is 12.1 Å². The van der Waals surface area contributed by atoms with Crippen LogP contribution in [0.3, 0.4) is 0 Å². The van der Waals surface area contributed by atoms with Gasteiger partial charge in [0.25, 0.3) is 0 Å². The highest BCUT2D eigenvalue weighted by Gasteiger charge is 2.20. The number of rotatable bonds is 7. The number of aromatic nitrogens is 3. The van der Waals surface area contributed by atoms with Gasteiger partial charge in [-0.05, 0) is 52.2 Å². The lowest BCUT2D eigenvalue weighted by Crippen LogP contribution is -2.25. The molecule has 3 rings (SSSR count). The average Bonchev–Trinajstić information content (AvgIpc) is 3.14. The Morgan fingerprint density at radius 3 is 2.83 bits per heavy atom. The first-order chi connectivity index (χ1) is 13.8. The number of benzene rings is 1. The lowest BCUT2D eigenvalue weighted by molar-refractivity contribution is -0.169. The highest BCUT2D eigenvalue weighted by atomic mass is 16.7. The lowest BCUT2D eigenvalue weighted by atomic mass is 10.1. The Labute approximate surface area is 170 Å². The Morgan fingerprint density at radius 1 is 1.28 bits per heavy atom. The molecule has 0 aliphatic carbocycles. The molecule has 0 amide bonds. The van der Waals surface area contributed by atoms with E-state index < -0.39 is 11.6 Å². The van der Waals surface area contributed by atoms with Crippen LogP contribution in [0.5, 0.6) is 0 Å². The van der Waals surface area contributed by atoms with Crippen molar-refractivity contribution in [3.05, 3.63) is 41.7 Å². The van der Waals surface area contributed by atoms with Gasteiger partial charge in [0, 0.05) is 12.2 Å². The first kappa shape index (κ1) is 21.1. The third-order valence-corrected chi connectivity index (χ3v) is 4.31. The van der Waals surface area contributed by atoms with Crippen molar-refractivity contribution in [1.82, 2.24) is 15.0 Å². The van der Waals surface area contributed by atoms with E-state index >= 15 is 0 Å². The van der Waals surface area contributed by atoms with Crippen molar-refractivity contribution in [3.63, 3.8) is 0 Å². The maximum atomic E-state index is 12.5. The SMILES string of the molecule is CC(C)(C)OC(=O)CC(=O)c1cccc(-n2nncc2COC2CCCCO2)c1. The van der Waals surface area contributed by atoms with Crippen LogP contribution in [0, 0.1) is 0 Å². The fourth-order valence-corrected chi connectivity index (χ4v) is 3.01. The van der Waals surface area contributed by atoms with Crippen molar-refractivity contribution in [2.45, 2.75) is 65.0 Å². The predicted molar refractivity (Wildman–Crippen MR) is 105 cm³/mol. The first-order valence-electron chi connectivity index (χ1n) is 9.80. The molecule has 0 N–H and O–H groups in total. The largest absolute Gasteiger partial charge is 0.460 e. The molecule has 8 nitrogen and oxygen atoms in total. The van der Waals surface area contributed by atoms with Crippen LogP contribution in [-0.4, -0.2) is 45.2 Å². The highest BCUT2D eigenvalue weighted by Crippen LogP contribution is 2.18. The van der Waals surface area contributed by atoms with Gasteiger partial charge in [-0.25, -0.2) is 4.68 Å². The molecule has 1 unspecified atom stereocenters. The summed E-state index contributed by atoms with van der Waals surface area (Å²) in [7, 11) is 0. The quantitative estimate of drug-likeness (QED) is 0.399. The third kappa shape index (κ3) is 6.20. The van der Waals surface area contributed by atoms with Crippen molar-refractivity contribution in [2.24, 2.45) is 0 Å². The molecule has 1 aliphatic heterocycles. The van der Waals surface area contributed by atoms with Crippen LogP contribution in [-0.2, 0) is 25.6 Å². The van der Waals surface area contributed by atoms with E-state index in [0.717, 1.165) is 25.0 Å². The Kier molecular flexibility index (Phi) is 6.76. The molecular weight excluding hydrogens is 374 g/mol. The zero-order valence-electron chi connectivity index (χ0n) is 17.1. The summed E-state index contributed by atoms with van der Waals surface area (Å²) in [5, 5.41) is 8.06. The topological polar surface area (TPSA) is 92.5 Å². The average molecular weight is 401 g/mol. The van der Waals surface area contributed by atoms with E-state index in [1.807, 2.05) is 6.07 Å². The number of Topliss-reactive ketones (excluding diaryl/α,β-unsaturated/α-hetero) is 1. The van der Waals surface area contributed by atoms with Crippen LogP contribution >= 0.6 is 0 Å². The van der Waals surface area contributed by atoms with Gasteiger partial charge in [-0.3, -0.25) is 9.59 Å². The van der Waals surface area contributed by atoms with Gasteiger partial charge in [-0.1, -0.05) is 17.3 Å². The van der Waals surface area contributed by atoms with Crippen LogP contribution in [0.25, 0.3) is 5.69 Å². The number of ketones is 1. The second-order valence-electron chi connectivity index (χ2n) is 7.98. The van der Waals surface area contributed by atoms with Crippen molar-refractivity contribution in [3.8, 4) is 5.69 Å². The Hall–Kier alpha value is -2.58. The molecule has 2 aromatic rings. The molecular formula is C21H27N3O5. The monoisotopic (exact) mass is 401 g/mol. The molecule has 0 bridgehead atoms. The van der Waals surface area contributed by atoms with Crippen LogP contribution in [0.1, 0.15) is 62.5 Å². The molecule has 1 atom stereocenters. The van der Waals surface area contributed by atoms with Gasteiger partial charge >= 0.3 is 5.97 Å². The molecule has 8 heteroatoms. The molecule has 0 saturated carbocycles. The van der Waals surface area contributed by atoms with Gasteiger partial charge < -0.3 is 14.2 Å². The number of carbonyl (C=O) groups is 2. The van der Waals surface area contributed by atoms with Gasteiger partial charge in [0.2, 0.25) is 0 Å². The summed E-state index contributed by atoms with van der Waals surface area (Å²) < 4.78 is 18.2. The molecule has 156 valence electrons. The highest BCUT2D eigenvalue weighted by molar-refractivity contribution is 6.06. The molecule has 1 saturated heterocycles. The number of hydrogen-bond acceptors (Lipinski definition) is 7. The van der Waals surface area contributed by atoms with E-state index in [9.17, 15) is 9.59 Å². The number of esters is 1. The summed E-state index contributed by atoms with van der Waals surface area (Å²) in [6.45, 7) is 6.31. The molecule has 2 heterocycles. The molecule has 1 fully saturated rings. The van der Waals surface area contributed by atoms with Gasteiger partial charge in [0.1, 0.15) is 12.0 Å². The number of nitrogens with zero attached hydrogens (tertiary/aromatic N) is 3. The van der Waals surface area contributed by atoms with Crippen LogP contribution in [0.4, 0.5) is 0 Å². The zero-order chi connectivity index (χ0) is 20.9. The van der Waals surface area contributed by atoms with Crippen LogP contribution in [0.2, 0.25) is 0 Å². The summed E-state index contributed by atoms with van der Waals surface area (Å²) in [6.07, 6.45) is 4.11. The normalized spacial score (nSPS) is 17.1. The van der Waals surface area contributed by atoms with Crippen LogP contribution < -0.4 is 0 Å². The summed E-state index contributed by atoms with van der Waals surface area (Å²) >= 11 is 0. The van der Waals surface area contributed by atoms with Crippen molar-refractivity contribution >= 4 is 11.8 Å². The summed E-state index contributed by atoms with van der Waals surface area (Å²) in [5.41, 5.74) is 1.19. The van der Waals surface area contributed by atoms with E-state index in [1.165, 1.54) is 0 Å². The minimum atomic E-state index is -0.628. The smallest absolute Gasteiger partial charge is 0.314 e. The van der Waals surface area contributed by atoms with E-state index in [-0.39, 0.29) is 18.5 Å². The first-order valence-corrected chi connectivity index (χ1v) is 9.80. The molecule has 0 spiro atoms. The van der Waals surface area contributed by atoms with E-state index in [2.05, 4.69) is 10.3 Å². The van der Waals surface area contributed by atoms with Gasteiger partial charge in [-0.2, -0.15) is 0 Å². The maximum Gasteiger partial charge on any atom is 0.314 e. The summed E-state index contributed by atoms with van der Waals surface area (Å²) in [4.78, 5) is 24.4. The number of hydrogen-bond donors (Lipinski definition) is 0. The molecule has 0 radical (unpaired) electrons. The second kappa shape index (κ2) is 9.28. The van der Waals surface area contributed by atoms with Gasteiger partial charge in [0.05, 0.1) is 24.2 Å². The number of carbonyl (C=O) groups excluding carboxylic acids is 2. The number of ether oxygens (including phenoxy) is 3. The Balaban J connectivity index is 1.67. The molecule has 1 aliphatic rings. The second-order valence-corrected chi connectivity index (χ2v) is 7.98. The predicted octanol–water partition coefficient (Wildman–Crippen LogP) is 3.23. The molecule has 29 heavy (non-hydrogen) atoms. The fraction of sp³-hybridized carbons (Fsp3) is 0.524. The summed E-state index contributed by atoms with van der Waals surface area (Å²) in [5.74, 6) is -0.857. The van der Waals surface area contributed by atoms with E-state index in [4.69, 9.17) is 14.2 Å². The van der Waals surface area contributed by atoms with Crippen molar-refractivity contribution in [1.29, 1.82) is 0 Å². The van der Waals surface area contributed by atoms with Crippen molar-refractivity contribution in [2.75, 3.05) is 6.61 Å². The fourth-order valence-electron chi connectivity index (χ4n) is 3.01. The minimum absolute atomic E-state index is 0.214. The third-order valence-electron chi connectivity index (χ3n) is 4.31. The Morgan fingerprint density at radius 2 is 2.10 bits per heavy atom. The van der Waals surface area contributed by atoms with E-state index in [1.54, 1.807) is 49.8 Å². The zero-order valence-corrected chi connectivity index (χ0v) is 17.1. The van der Waals surface area contributed by atoms with Crippen LogP contribution in [0.15, 0.2) is 30.5 Å². The lowest BCUT2D eigenvalue weighted by Gasteiger charge is -2.22. The van der Waals surface area contributed by atoms with E-state index in [0.29, 0.717) is 24.5 Å². The Bertz CT molecular complexity index is 850. The summed E-state index contributed by atoms with van der Waals surface area (Å²) in [6, 6.07) is 6.91. The maximum absolute atomic E-state index is 12.5. The molecule has 1 aromatic carbocycles. The van der Waals surface area contributed by atoms with Crippen molar-refractivity contribution < 1.29 is 23.8 Å². The standard InChI is InChI=1S/C21H27N3O5/c1-21(2,3)29-19(26)12-18(25)15-7-6-8-16(11-15)24-17(13-22-23-24)14-28-20-9-4-5-10-27-20/h6-8,11,13,20H,4-5,9-10,12,14H2,1-3H3. The molecule has 1 aromatic heterocycles. The minimum Gasteiger partial charge on any atom is -0.460 e. The van der Waals surface area contributed by atoms with Gasteiger partial charge in [-0.15, -0.1) is 5.10 Å².